The quantitative estimate of drug-likeness (QED) is 0.471. The first kappa shape index (κ1) is 17.8. The number of hydrogen-bond acceptors (Lipinski definition) is 5. The molecule has 0 bridgehead atoms. The van der Waals surface area contributed by atoms with Crippen LogP contribution < -0.4 is 10.6 Å². The van der Waals surface area contributed by atoms with E-state index in [0.717, 1.165) is 21.5 Å². The molecule has 130 valence electrons. The van der Waals surface area contributed by atoms with Crippen LogP contribution in [-0.2, 0) is 5.75 Å². The smallest absolute Gasteiger partial charge is 0.210 e. The van der Waals surface area contributed by atoms with Crippen molar-refractivity contribution in [3.05, 3.63) is 58.6 Å². The van der Waals surface area contributed by atoms with Crippen LogP contribution in [0.15, 0.2) is 58.2 Å². The van der Waals surface area contributed by atoms with Crippen LogP contribution in [0.4, 0.5) is 0 Å². The maximum atomic E-state index is 6.20. The normalized spacial score (nSPS) is 11.0. The van der Waals surface area contributed by atoms with Crippen LogP contribution in [0.1, 0.15) is 19.4 Å². The van der Waals surface area contributed by atoms with Gasteiger partial charge < -0.3 is 10.6 Å². The van der Waals surface area contributed by atoms with Gasteiger partial charge in [-0.25, -0.2) is 4.68 Å². The van der Waals surface area contributed by atoms with Gasteiger partial charge in [0.2, 0.25) is 5.16 Å². The van der Waals surface area contributed by atoms with Gasteiger partial charge in [-0.2, -0.15) is 0 Å². The minimum atomic E-state index is 0.113. The highest BCUT2D eigenvalue weighted by atomic mass is 79.9. The van der Waals surface area contributed by atoms with Gasteiger partial charge in [-0.05, 0) is 43.7 Å². The van der Waals surface area contributed by atoms with Gasteiger partial charge in [0.25, 0.3) is 0 Å². The lowest BCUT2D eigenvalue weighted by atomic mass is 10.2. The number of nitrogens with zero attached hydrogens (tertiary/aromatic N) is 3. The van der Waals surface area contributed by atoms with Crippen molar-refractivity contribution in [2.75, 3.05) is 5.84 Å². The molecule has 0 unspecified atom stereocenters. The molecule has 2 N–H and O–H groups in total. The predicted octanol–water partition coefficient (Wildman–Crippen LogP) is 4.50. The fourth-order valence-corrected chi connectivity index (χ4v) is 3.57. The summed E-state index contributed by atoms with van der Waals surface area (Å²) in [6.07, 6.45) is 0.113. The molecule has 0 amide bonds. The Kier molecular flexibility index (Phi) is 5.65. The molecule has 1 heterocycles. The predicted molar refractivity (Wildman–Crippen MR) is 105 cm³/mol. The van der Waals surface area contributed by atoms with E-state index in [0.29, 0.717) is 11.0 Å². The van der Waals surface area contributed by atoms with Gasteiger partial charge in [-0.15, -0.1) is 10.2 Å². The topological polar surface area (TPSA) is 66.0 Å². The monoisotopic (exact) mass is 418 g/mol. The molecule has 0 spiro atoms. The molecule has 0 aliphatic rings. The van der Waals surface area contributed by atoms with Gasteiger partial charge in [0, 0.05) is 15.8 Å². The molecule has 0 aliphatic carbocycles. The largest absolute Gasteiger partial charge is 0.491 e. The van der Waals surface area contributed by atoms with Gasteiger partial charge >= 0.3 is 0 Å². The first-order chi connectivity index (χ1) is 12.0. The van der Waals surface area contributed by atoms with Crippen LogP contribution in [0.5, 0.6) is 5.75 Å². The molecule has 0 saturated heterocycles. The first-order valence-electron chi connectivity index (χ1n) is 7.88. The summed E-state index contributed by atoms with van der Waals surface area (Å²) in [4.78, 5) is 0. The standard InChI is InChI=1S/C18H19BrN4OS/c1-12(2)24-16-8-4-6-14(10-16)17-21-22-18(23(17)20)25-11-13-5-3-7-15(19)9-13/h3-10,12H,11,20H2,1-2H3. The summed E-state index contributed by atoms with van der Waals surface area (Å²) in [5, 5.41) is 9.13. The highest BCUT2D eigenvalue weighted by Crippen LogP contribution is 2.27. The SMILES string of the molecule is CC(C)Oc1cccc(-c2nnc(SCc3cccc(Br)c3)n2N)c1. The summed E-state index contributed by atoms with van der Waals surface area (Å²) >= 11 is 5.03. The van der Waals surface area contributed by atoms with Crippen molar-refractivity contribution >= 4 is 27.7 Å². The highest BCUT2D eigenvalue weighted by molar-refractivity contribution is 9.10. The maximum absolute atomic E-state index is 6.20. The molecule has 0 saturated carbocycles. The van der Waals surface area contributed by atoms with Crippen LogP contribution in [0.2, 0.25) is 0 Å². The van der Waals surface area contributed by atoms with Crippen molar-refractivity contribution in [1.82, 2.24) is 14.9 Å². The van der Waals surface area contributed by atoms with Crippen LogP contribution in [0, 0.1) is 0 Å². The zero-order valence-corrected chi connectivity index (χ0v) is 16.4. The molecule has 1 aromatic heterocycles. The lowest BCUT2D eigenvalue weighted by Crippen LogP contribution is -2.11. The van der Waals surface area contributed by atoms with E-state index in [1.165, 1.54) is 10.2 Å². The van der Waals surface area contributed by atoms with Gasteiger partial charge in [-0.3, -0.25) is 0 Å². The summed E-state index contributed by atoms with van der Waals surface area (Å²) in [5.74, 6) is 8.38. The van der Waals surface area contributed by atoms with Crippen molar-refractivity contribution in [2.45, 2.75) is 30.9 Å². The van der Waals surface area contributed by atoms with Crippen LogP contribution in [-0.4, -0.2) is 21.0 Å². The number of thioether (sulfide) groups is 1. The molecule has 5 nitrogen and oxygen atoms in total. The molecule has 0 atom stereocenters. The Morgan fingerprint density at radius 1 is 1.16 bits per heavy atom. The number of aromatic nitrogens is 3. The summed E-state index contributed by atoms with van der Waals surface area (Å²) in [6, 6.07) is 15.9. The molecular weight excluding hydrogens is 400 g/mol. The molecule has 25 heavy (non-hydrogen) atoms. The zero-order valence-electron chi connectivity index (χ0n) is 14.0. The third-order valence-electron chi connectivity index (χ3n) is 3.39. The minimum Gasteiger partial charge on any atom is -0.491 e. The van der Waals surface area contributed by atoms with E-state index in [1.807, 2.05) is 50.2 Å². The molecule has 3 rings (SSSR count). The number of hydrogen-bond donors (Lipinski definition) is 1. The highest BCUT2D eigenvalue weighted by Gasteiger charge is 2.13. The summed E-state index contributed by atoms with van der Waals surface area (Å²) in [6.45, 7) is 3.99. The molecule has 0 aliphatic heterocycles. The zero-order chi connectivity index (χ0) is 17.8. The molecule has 0 fully saturated rings. The van der Waals surface area contributed by atoms with E-state index < -0.39 is 0 Å². The van der Waals surface area contributed by atoms with E-state index >= 15 is 0 Å². The second-order valence-corrected chi connectivity index (χ2v) is 7.65. The van der Waals surface area contributed by atoms with Crippen molar-refractivity contribution in [3.63, 3.8) is 0 Å². The fraction of sp³-hybridized carbons (Fsp3) is 0.222. The Hall–Kier alpha value is -1.99. The number of nitrogen functional groups attached to an aromatic ring is 1. The summed E-state index contributed by atoms with van der Waals surface area (Å²) in [5.41, 5.74) is 2.07. The third-order valence-corrected chi connectivity index (χ3v) is 4.89. The molecular formula is C18H19BrN4OS. The first-order valence-corrected chi connectivity index (χ1v) is 9.65. The van der Waals surface area contributed by atoms with Crippen LogP contribution in [0.25, 0.3) is 11.4 Å². The second-order valence-electron chi connectivity index (χ2n) is 5.79. The lowest BCUT2D eigenvalue weighted by Gasteiger charge is -2.10. The summed E-state index contributed by atoms with van der Waals surface area (Å²) in [7, 11) is 0. The van der Waals surface area contributed by atoms with E-state index in [4.69, 9.17) is 10.6 Å². The second kappa shape index (κ2) is 7.93. The van der Waals surface area contributed by atoms with Crippen LogP contribution >= 0.6 is 27.7 Å². The number of ether oxygens (including phenoxy) is 1. The van der Waals surface area contributed by atoms with E-state index in [9.17, 15) is 0 Å². The Bertz CT molecular complexity index is 866. The lowest BCUT2D eigenvalue weighted by molar-refractivity contribution is 0.242. The summed E-state index contributed by atoms with van der Waals surface area (Å²) < 4.78 is 8.31. The third kappa shape index (κ3) is 4.55. The van der Waals surface area contributed by atoms with Crippen molar-refractivity contribution in [3.8, 4) is 17.1 Å². The van der Waals surface area contributed by atoms with Crippen molar-refractivity contribution < 1.29 is 4.74 Å². The number of benzene rings is 2. The number of nitrogens with two attached hydrogens (primary N) is 1. The van der Waals surface area contributed by atoms with Crippen molar-refractivity contribution in [1.29, 1.82) is 0 Å². The maximum Gasteiger partial charge on any atom is 0.210 e. The average Bonchev–Trinajstić information content (AvgIpc) is 2.93. The Morgan fingerprint density at radius 3 is 2.72 bits per heavy atom. The number of halogens is 1. The molecule has 2 aromatic carbocycles. The van der Waals surface area contributed by atoms with Gasteiger partial charge in [0.1, 0.15) is 5.75 Å². The Balaban J connectivity index is 1.77. The average molecular weight is 419 g/mol. The molecule has 3 aromatic rings. The van der Waals surface area contributed by atoms with Crippen molar-refractivity contribution in [2.24, 2.45) is 0 Å². The number of rotatable bonds is 6. The van der Waals surface area contributed by atoms with Crippen LogP contribution in [0.3, 0.4) is 0 Å². The molecule has 7 heteroatoms. The van der Waals surface area contributed by atoms with Gasteiger partial charge in [0.15, 0.2) is 5.82 Å². The fourth-order valence-electron chi connectivity index (χ4n) is 2.33. The van der Waals surface area contributed by atoms with E-state index in [1.54, 1.807) is 11.8 Å². The minimum absolute atomic E-state index is 0.113. The molecule has 0 radical (unpaired) electrons. The van der Waals surface area contributed by atoms with Gasteiger partial charge in [-0.1, -0.05) is 52.0 Å². The Labute approximate surface area is 159 Å². The van der Waals surface area contributed by atoms with E-state index in [-0.39, 0.29) is 6.10 Å². The van der Waals surface area contributed by atoms with E-state index in [2.05, 4.69) is 38.3 Å². The Morgan fingerprint density at radius 2 is 1.96 bits per heavy atom. The van der Waals surface area contributed by atoms with Gasteiger partial charge in [0.05, 0.1) is 6.10 Å².